The lowest BCUT2D eigenvalue weighted by atomic mass is 10.1. The zero-order chi connectivity index (χ0) is 22.8. The number of carbonyl (C=O) groups is 1. The molecule has 3 heterocycles. The Balaban J connectivity index is 1.37. The quantitative estimate of drug-likeness (QED) is 0.421. The van der Waals surface area contributed by atoms with Crippen LogP contribution >= 0.6 is 11.6 Å². The van der Waals surface area contributed by atoms with Gasteiger partial charge in [0.1, 0.15) is 6.54 Å². The number of anilines is 1. The smallest absolute Gasteiger partial charge is 0.249 e. The van der Waals surface area contributed by atoms with Crippen LogP contribution in [0.4, 0.5) is 5.69 Å². The Hall–Kier alpha value is -3.16. The van der Waals surface area contributed by atoms with Gasteiger partial charge in [0.15, 0.2) is 0 Å². The number of aryl methyl sites for hydroxylation is 1. The second-order valence-corrected chi connectivity index (χ2v) is 8.96. The number of piperidine rings is 1. The Kier molecular flexibility index (Phi) is 6.15. The van der Waals surface area contributed by atoms with Gasteiger partial charge in [-0.2, -0.15) is 0 Å². The normalized spacial score (nSPS) is 14.6. The molecule has 7 nitrogen and oxygen atoms in total. The third-order valence-corrected chi connectivity index (χ3v) is 6.32. The summed E-state index contributed by atoms with van der Waals surface area (Å²) in [6, 6.07) is 13.5. The topological polar surface area (TPSA) is 76.2 Å². The molecule has 2 aromatic carbocycles. The number of carbonyl (C=O) groups excluding carboxylic acids is 1. The molecule has 2 aromatic heterocycles. The van der Waals surface area contributed by atoms with Gasteiger partial charge in [0.05, 0.1) is 22.8 Å². The number of amides is 1. The SMILES string of the molecule is Cc1ccc(NC(=O)Cn2cc(-c3nnc(CN4CCCCC4)o3)c3ccccc32)c(Cl)c1. The molecule has 1 aliphatic rings. The van der Waals surface area contributed by atoms with E-state index in [-0.39, 0.29) is 12.5 Å². The van der Waals surface area contributed by atoms with Crippen LogP contribution in [0.1, 0.15) is 30.7 Å². The monoisotopic (exact) mass is 463 g/mol. The van der Waals surface area contributed by atoms with Crippen LogP contribution in [-0.4, -0.2) is 38.7 Å². The minimum absolute atomic E-state index is 0.138. The number of benzene rings is 2. The summed E-state index contributed by atoms with van der Waals surface area (Å²) >= 11 is 6.28. The van der Waals surface area contributed by atoms with E-state index >= 15 is 0 Å². The minimum Gasteiger partial charge on any atom is -0.419 e. The van der Waals surface area contributed by atoms with Crippen molar-refractivity contribution in [1.82, 2.24) is 19.7 Å². The zero-order valence-corrected chi connectivity index (χ0v) is 19.3. The number of nitrogens with zero attached hydrogens (tertiary/aromatic N) is 4. The fraction of sp³-hybridized carbons (Fsp3) is 0.320. The first-order chi connectivity index (χ1) is 16.1. The van der Waals surface area contributed by atoms with Crippen molar-refractivity contribution in [3.8, 4) is 11.5 Å². The predicted octanol–water partition coefficient (Wildman–Crippen LogP) is 5.28. The number of para-hydroxylation sites is 1. The number of hydrogen-bond donors (Lipinski definition) is 1. The van der Waals surface area contributed by atoms with Gasteiger partial charge in [0, 0.05) is 17.1 Å². The van der Waals surface area contributed by atoms with Crippen LogP contribution in [0.2, 0.25) is 5.02 Å². The van der Waals surface area contributed by atoms with Crippen LogP contribution in [0, 0.1) is 6.92 Å². The van der Waals surface area contributed by atoms with Gasteiger partial charge in [-0.1, -0.05) is 42.3 Å². The molecule has 5 rings (SSSR count). The first kappa shape index (κ1) is 21.7. The number of likely N-dealkylation sites (tertiary alicyclic amines) is 1. The summed E-state index contributed by atoms with van der Waals surface area (Å²) in [4.78, 5) is 15.1. The van der Waals surface area contributed by atoms with Crippen molar-refractivity contribution in [2.75, 3.05) is 18.4 Å². The highest BCUT2D eigenvalue weighted by atomic mass is 35.5. The van der Waals surface area contributed by atoms with E-state index in [0.29, 0.717) is 29.0 Å². The number of aromatic nitrogens is 3. The fourth-order valence-electron chi connectivity index (χ4n) is 4.35. The Morgan fingerprint density at radius 2 is 1.94 bits per heavy atom. The van der Waals surface area contributed by atoms with Gasteiger partial charge in [0.2, 0.25) is 17.7 Å². The van der Waals surface area contributed by atoms with Crippen molar-refractivity contribution < 1.29 is 9.21 Å². The second-order valence-electron chi connectivity index (χ2n) is 8.56. The van der Waals surface area contributed by atoms with E-state index in [0.717, 1.165) is 35.1 Å². The van der Waals surface area contributed by atoms with Gasteiger partial charge in [0.25, 0.3) is 0 Å². The van der Waals surface area contributed by atoms with E-state index in [1.54, 1.807) is 0 Å². The van der Waals surface area contributed by atoms with Crippen molar-refractivity contribution >= 4 is 34.1 Å². The molecule has 4 aromatic rings. The highest BCUT2D eigenvalue weighted by molar-refractivity contribution is 6.33. The van der Waals surface area contributed by atoms with Crippen molar-refractivity contribution in [3.63, 3.8) is 0 Å². The predicted molar refractivity (Wildman–Crippen MR) is 129 cm³/mol. The minimum atomic E-state index is -0.163. The molecule has 170 valence electrons. The molecule has 0 radical (unpaired) electrons. The molecule has 1 N–H and O–H groups in total. The molecule has 1 amide bonds. The number of fused-ring (bicyclic) bond motifs is 1. The molecule has 0 atom stereocenters. The van der Waals surface area contributed by atoms with Crippen LogP contribution in [0.3, 0.4) is 0 Å². The maximum atomic E-state index is 12.8. The summed E-state index contributed by atoms with van der Waals surface area (Å²) in [6.45, 7) is 4.90. The highest BCUT2D eigenvalue weighted by Gasteiger charge is 2.19. The van der Waals surface area contributed by atoms with Gasteiger partial charge >= 0.3 is 0 Å². The Morgan fingerprint density at radius 3 is 2.76 bits per heavy atom. The molecule has 8 heteroatoms. The van der Waals surface area contributed by atoms with Gasteiger partial charge < -0.3 is 14.3 Å². The summed E-state index contributed by atoms with van der Waals surface area (Å²) in [5.74, 6) is 0.929. The Labute approximate surface area is 197 Å². The summed E-state index contributed by atoms with van der Waals surface area (Å²) in [7, 11) is 0. The summed E-state index contributed by atoms with van der Waals surface area (Å²) in [6.07, 6.45) is 5.61. The maximum Gasteiger partial charge on any atom is 0.249 e. The van der Waals surface area contributed by atoms with Gasteiger partial charge in [-0.05, 0) is 56.6 Å². The number of hydrogen-bond acceptors (Lipinski definition) is 5. The van der Waals surface area contributed by atoms with Crippen LogP contribution in [0.25, 0.3) is 22.4 Å². The molecule has 1 aliphatic heterocycles. The zero-order valence-electron chi connectivity index (χ0n) is 18.6. The fourth-order valence-corrected chi connectivity index (χ4v) is 4.63. The Morgan fingerprint density at radius 1 is 1.12 bits per heavy atom. The largest absolute Gasteiger partial charge is 0.419 e. The van der Waals surface area contributed by atoms with Gasteiger partial charge in [-0.3, -0.25) is 9.69 Å². The van der Waals surface area contributed by atoms with Crippen LogP contribution < -0.4 is 5.32 Å². The lowest BCUT2D eigenvalue weighted by Crippen LogP contribution is -2.29. The summed E-state index contributed by atoms with van der Waals surface area (Å²) < 4.78 is 7.93. The van der Waals surface area contributed by atoms with Gasteiger partial charge in [-0.25, -0.2) is 0 Å². The van der Waals surface area contributed by atoms with Crippen molar-refractivity contribution in [3.05, 3.63) is 65.1 Å². The van der Waals surface area contributed by atoms with Crippen LogP contribution in [-0.2, 0) is 17.9 Å². The van der Waals surface area contributed by atoms with Crippen LogP contribution in [0.5, 0.6) is 0 Å². The molecule has 0 saturated carbocycles. The first-order valence-electron chi connectivity index (χ1n) is 11.3. The molecule has 0 bridgehead atoms. The van der Waals surface area contributed by atoms with Crippen molar-refractivity contribution in [2.45, 2.75) is 39.3 Å². The van der Waals surface area contributed by atoms with Crippen molar-refractivity contribution in [1.29, 1.82) is 0 Å². The third kappa shape index (κ3) is 4.79. The van der Waals surface area contributed by atoms with Crippen molar-refractivity contribution in [2.24, 2.45) is 0 Å². The lowest BCUT2D eigenvalue weighted by molar-refractivity contribution is -0.116. The number of rotatable bonds is 6. The second kappa shape index (κ2) is 9.37. The summed E-state index contributed by atoms with van der Waals surface area (Å²) in [5, 5.41) is 13.0. The van der Waals surface area contributed by atoms with E-state index in [1.165, 1.54) is 19.3 Å². The molecule has 0 aliphatic carbocycles. The average Bonchev–Trinajstić information content (AvgIpc) is 3.41. The number of nitrogens with one attached hydrogen (secondary N) is 1. The molecule has 1 fully saturated rings. The highest BCUT2D eigenvalue weighted by Crippen LogP contribution is 2.30. The van der Waals surface area contributed by atoms with E-state index in [1.807, 2.05) is 60.2 Å². The molecule has 1 saturated heterocycles. The summed E-state index contributed by atoms with van der Waals surface area (Å²) in [5.41, 5.74) is 3.39. The molecule has 0 unspecified atom stereocenters. The molecular formula is C25H26ClN5O2. The first-order valence-corrected chi connectivity index (χ1v) is 11.6. The maximum absolute atomic E-state index is 12.8. The standard InChI is InChI=1S/C25H26ClN5O2/c1-17-9-10-21(20(26)13-17)27-23(32)15-31-14-19(18-7-3-4-8-22(18)31)25-29-28-24(33-25)16-30-11-5-2-6-12-30/h3-4,7-10,13-14H,2,5-6,11-12,15-16H2,1H3,(H,27,32). The van der Waals surface area contributed by atoms with Gasteiger partial charge in [-0.15, -0.1) is 10.2 Å². The van der Waals surface area contributed by atoms with E-state index in [4.69, 9.17) is 16.0 Å². The van der Waals surface area contributed by atoms with E-state index < -0.39 is 0 Å². The lowest BCUT2D eigenvalue weighted by Gasteiger charge is -2.24. The molecular weight excluding hydrogens is 438 g/mol. The van der Waals surface area contributed by atoms with E-state index in [2.05, 4.69) is 20.4 Å². The van der Waals surface area contributed by atoms with Crippen LogP contribution in [0.15, 0.2) is 53.1 Å². The third-order valence-electron chi connectivity index (χ3n) is 6.01. The Bertz CT molecular complexity index is 1290. The molecule has 0 spiro atoms. The van der Waals surface area contributed by atoms with E-state index in [9.17, 15) is 4.79 Å². The molecule has 33 heavy (non-hydrogen) atoms. The number of halogens is 1. The average molecular weight is 464 g/mol.